The largest absolute Gasteiger partial charge is 0.469 e. The molecular formula is C22H24N2O4S2. The van der Waals surface area contributed by atoms with Gasteiger partial charge in [-0.15, -0.1) is 11.8 Å². The summed E-state index contributed by atoms with van der Waals surface area (Å²) in [5.41, 5.74) is 0.963. The van der Waals surface area contributed by atoms with E-state index in [0.717, 1.165) is 23.5 Å². The molecule has 1 aromatic heterocycles. The molecule has 3 aromatic rings. The van der Waals surface area contributed by atoms with Crippen LogP contribution in [0.15, 0.2) is 81.1 Å². The number of sulfonamides is 1. The van der Waals surface area contributed by atoms with Crippen molar-refractivity contribution in [2.45, 2.75) is 22.6 Å². The van der Waals surface area contributed by atoms with Crippen LogP contribution in [0, 0.1) is 0 Å². The molecule has 8 heteroatoms. The Bertz CT molecular complexity index is 1060. The Balaban J connectivity index is 1.60. The Labute approximate surface area is 181 Å². The second-order valence-electron chi connectivity index (χ2n) is 6.63. The number of amides is 1. The lowest BCUT2D eigenvalue weighted by Crippen LogP contribution is -2.27. The van der Waals surface area contributed by atoms with Crippen molar-refractivity contribution in [2.24, 2.45) is 0 Å². The minimum absolute atomic E-state index is 0.195. The van der Waals surface area contributed by atoms with Crippen LogP contribution in [0.5, 0.6) is 0 Å². The van der Waals surface area contributed by atoms with E-state index in [4.69, 9.17) is 4.42 Å². The Kier molecular flexibility index (Phi) is 7.23. The first kappa shape index (κ1) is 22.0. The van der Waals surface area contributed by atoms with Gasteiger partial charge in [0, 0.05) is 30.5 Å². The molecule has 0 fully saturated rings. The summed E-state index contributed by atoms with van der Waals surface area (Å²) >= 11 is 1.55. The van der Waals surface area contributed by atoms with Crippen LogP contribution in [0.3, 0.4) is 0 Å². The van der Waals surface area contributed by atoms with E-state index in [9.17, 15) is 13.2 Å². The third kappa shape index (κ3) is 5.25. The van der Waals surface area contributed by atoms with Crippen LogP contribution >= 0.6 is 11.8 Å². The molecule has 30 heavy (non-hydrogen) atoms. The summed E-state index contributed by atoms with van der Waals surface area (Å²) in [5.74, 6) is 0.695. The van der Waals surface area contributed by atoms with E-state index < -0.39 is 10.0 Å². The topological polar surface area (TPSA) is 79.6 Å². The van der Waals surface area contributed by atoms with Gasteiger partial charge in [0.05, 0.1) is 16.8 Å². The molecule has 0 saturated heterocycles. The molecule has 1 N–H and O–H groups in total. The quantitative estimate of drug-likeness (QED) is 0.395. The smallest absolute Gasteiger partial charge is 0.264 e. The Morgan fingerprint density at radius 1 is 1.07 bits per heavy atom. The van der Waals surface area contributed by atoms with E-state index in [1.807, 2.05) is 18.4 Å². The van der Waals surface area contributed by atoms with E-state index in [1.165, 1.54) is 11.4 Å². The predicted molar refractivity (Wildman–Crippen MR) is 120 cm³/mol. The Hall–Kier alpha value is -2.71. The fraction of sp³-hybridized carbons (Fsp3) is 0.227. The van der Waals surface area contributed by atoms with Crippen LogP contribution in [0.1, 0.15) is 22.5 Å². The van der Waals surface area contributed by atoms with Crippen molar-refractivity contribution in [3.8, 4) is 0 Å². The van der Waals surface area contributed by atoms with E-state index in [1.54, 1.807) is 66.6 Å². The monoisotopic (exact) mass is 444 g/mol. The van der Waals surface area contributed by atoms with Crippen molar-refractivity contribution in [1.82, 2.24) is 5.32 Å². The van der Waals surface area contributed by atoms with Crippen molar-refractivity contribution < 1.29 is 17.6 Å². The lowest BCUT2D eigenvalue weighted by atomic mass is 10.2. The van der Waals surface area contributed by atoms with Crippen LogP contribution in [0.2, 0.25) is 0 Å². The van der Waals surface area contributed by atoms with Gasteiger partial charge in [-0.25, -0.2) is 8.42 Å². The van der Waals surface area contributed by atoms with E-state index in [-0.39, 0.29) is 10.8 Å². The highest BCUT2D eigenvalue weighted by molar-refractivity contribution is 7.98. The summed E-state index contributed by atoms with van der Waals surface area (Å²) in [4.78, 5) is 13.5. The molecule has 0 atom stereocenters. The summed E-state index contributed by atoms with van der Waals surface area (Å²) in [6.45, 7) is 0.529. The Morgan fingerprint density at radius 3 is 2.37 bits per heavy atom. The van der Waals surface area contributed by atoms with Gasteiger partial charge in [0.25, 0.3) is 15.9 Å². The normalized spacial score (nSPS) is 11.3. The van der Waals surface area contributed by atoms with Crippen molar-refractivity contribution in [1.29, 1.82) is 0 Å². The number of hydrogen-bond donors (Lipinski definition) is 1. The second-order valence-corrected chi connectivity index (χ2v) is 9.48. The number of rotatable bonds is 9. The zero-order valence-electron chi connectivity index (χ0n) is 16.9. The van der Waals surface area contributed by atoms with E-state index in [2.05, 4.69) is 5.32 Å². The highest BCUT2D eigenvalue weighted by Crippen LogP contribution is 2.24. The molecule has 3 rings (SSSR count). The number of hydrogen-bond acceptors (Lipinski definition) is 5. The fourth-order valence-electron chi connectivity index (χ4n) is 2.89. The van der Waals surface area contributed by atoms with Gasteiger partial charge in [0.1, 0.15) is 5.76 Å². The zero-order valence-corrected chi connectivity index (χ0v) is 18.5. The first-order chi connectivity index (χ1) is 14.4. The molecule has 1 heterocycles. The molecule has 158 valence electrons. The number of furan rings is 1. The average molecular weight is 445 g/mol. The van der Waals surface area contributed by atoms with Crippen LogP contribution < -0.4 is 9.62 Å². The zero-order chi connectivity index (χ0) is 21.6. The second kappa shape index (κ2) is 9.86. The van der Waals surface area contributed by atoms with Gasteiger partial charge in [0.15, 0.2) is 0 Å². The number of thioether (sulfide) groups is 1. The number of carbonyl (C=O) groups is 1. The first-order valence-corrected chi connectivity index (χ1v) is 12.1. The summed E-state index contributed by atoms with van der Waals surface area (Å²) in [7, 11) is -2.17. The van der Waals surface area contributed by atoms with Gasteiger partial charge in [0.2, 0.25) is 0 Å². The van der Waals surface area contributed by atoms with Gasteiger partial charge in [-0.1, -0.05) is 0 Å². The molecule has 0 aliphatic heterocycles. The fourth-order valence-corrected chi connectivity index (χ4v) is 4.49. The van der Waals surface area contributed by atoms with Gasteiger partial charge in [-0.2, -0.15) is 0 Å². The number of benzene rings is 2. The summed E-state index contributed by atoms with van der Waals surface area (Å²) < 4.78 is 32.2. The highest BCUT2D eigenvalue weighted by Gasteiger charge is 2.21. The SMILES string of the molecule is CSc1ccc(S(=O)(=O)N(C)c2ccc(C(=O)NCCCc3ccco3)cc2)cc1. The molecule has 0 radical (unpaired) electrons. The maximum absolute atomic E-state index is 12.9. The van der Waals surface area contributed by atoms with Crippen LogP contribution in [0.25, 0.3) is 0 Å². The van der Waals surface area contributed by atoms with Gasteiger partial charge >= 0.3 is 0 Å². The molecule has 0 bridgehead atoms. The van der Waals surface area contributed by atoms with Gasteiger partial charge in [-0.05, 0) is 73.3 Å². The maximum Gasteiger partial charge on any atom is 0.264 e. The molecule has 0 aliphatic rings. The molecular weight excluding hydrogens is 420 g/mol. The van der Waals surface area contributed by atoms with E-state index in [0.29, 0.717) is 17.8 Å². The van der Waals surface area contributed by atoms with Crippen molar-refractivity contribution in [3.05, 3.63) is 78.3 Å². The van der Waals surface area contributed by atoms with Crippen LogP contribution in [-0.4, -0.2) is 34.2 Å². The molecule has 0 aliphatic carbocycles. The predicted octanol–water partition coefficient (Wildman–Crippen LogP) is 4.19. The molecule has 0 saturated carbocycles. The molecule has 1 amide bonds. The number of nitrogens with one attached hydrogen (secondary N) is 1. The molecule has 0 unspecified atom stereocenters. The van der Waals surface area contributed by atoms with Crippen molar-refractivity contribution >= 4 is 33.4 Å². The number of carbonyl (C=O) groups excluding carboxylic acids is 1. The van der Waals surface area contributed by atoms with Crippen molar-refractivity contribution in [3.63, 3.8) is 0 Å². The minimum Gasteiger partial charge on any atom is -0.469 e. The van der Waals surface area contributed by atoms with Gasteiger partial charge in [-0.3, -0.25) is 9.10 Å². The third-order valence-corrected chi connectivity index (χ3v) is 7.22. The summed E-state index contributed by atoms with van der Waals surface area (Å²) in [6.07, 6.45) is 5.10. The van der Waals surface area contributed by atoms with Crippen LogP contribution in [0.4, 0.5) is 5.69 Å². The van der Waals surface area contributed by atoms with Crippen molar-refractivity contribution in [2.75, 3.05) is 24.2 Å². The average Bonchev–Trinajstić information content (AvgIpc) is 3.29. The minimum atomic E-state index is -3.67. The number of anilines is 1. The number of nitrogens with zero attached hydrogens (tertiary/aromatic N) is 1. The maximum atomic E-state index is 12.9. The van der Waals surface area contributed by atoms with E-state index >= 15 is 0 Å². The summed E-state index contributed by atoms with van der Waals surface area (Å²) in [6, 6.07) is 17.0. The molecule has 0 spiro atoms. The van der Waals surface area contributed by atoms with Crippen LogP contribution in [-0.2, 0) is 16.4 Å². The Morgan fingerprint density at radius 2 is 1.77 bits per heavy atom. The number of aryl methyl sites for hydroxylation is 1. The molecule has 6 nitrogen and oxygen atoms in total. The highest BCUT2D eigenvalue weighted by atomic mass is 32.2. The third-order valence-electron chi connectivity index (χ3n) is 4.68. The first-order valence-electron chi connectivity index (χ1n) is 9.45. The van der Waals surface area contributed by atoms with Gasteiger partial charge < -0.3 is 9.73 Å². The lowest BCUT2D eigenvalue weighted by molar-refractivity contribution is 0.0953. The standard InChI is InChI=1S/C22H24N2O4S2/c1-24(30(26,27)21-13-11-20(29-2)12-14-21)18-9-7-17(8-10-18)22(25)23-15-3-5-19-6-4-16-28-19/h4,6-14,16H,3,5,15H2,1-2H3,(H,23,25). The summed E-state index contributed by atoms with van der Waals surface area (Å²) in [5, 5.41) is 2.86. The molecule has 2 aromatic carbocycles. The lowest BCUT2D eigenvalue weighted by Gasteiger charge is -2.20.